The second-order valence-electron chi connectivity index (χ2n) is 7.57. The van der Waals surface area contributed by atoms with Crippen LogP contribution in [0.2, 0.25) is 0 Å². The number of amides is 3. The molecule has 1 heterocycles. The molecule has 2 aromatic rings. The number of aryl methyl sites for hydroxylation is 1. The molecular weight excluding hydrogens is 401 g/mol. The molecule has 1 aliphatic rings. The Labute approximate surface area is 180 Å². The fourth-order valence-electron chi connectivity index (χ4n) is 3.43. The van der Waals surface area contributed by atoms with Gasteiger partial charge in [0.05, 0.1) is 0 Å². The number of halogens is 1. The standard InChI is InChI=1S/C23H26FN3O4/c1-15-5-3-4-6-20(15)23(30)27-13-11-17(12-14-27)22(29)26-25-21(28)16(2)31-19-9-7-18(24)8-10-19/h3-10,16-17H,11-14H2,1-2H3,(H,25,28)(H,26,29). The fourth-order valence-corrected chi connectivity index (χ4v) is 3.43. The summed E-state index contributed by atoms with van der Waals surface area (Å²) < 4.78 is 18.4. The third kappa shape index (κ3) is 5.81. The molecule has 164 valence electrons. The van der Waals surface area contributed by atoms with E-state index in [-0.39, 0.29) is 17.7 Å². The normalized spacial score (nSPS) is 15.1. The van der Waals surface area contributed by atoms with Crippen LogP contribution in [0.4, 0.5) is 4.39 Å². The van der Waals surface area contributed by atoms with Gasteiger partial charge in [0.1, 0.15) is 11.6 Å². The molecule has 1 aliphatic heterocycles. The number of nitrogens with one attached hydrogen (secondary N) is 2. The summed E-state index contributed by atoms with van der Waals surface area (Å²) in [5, 5.41) is 0. The number of carbonyl (C=O) groups is 3. The van der Waals surface area contributed by atoms with Crippen LogP contribution in [0.3, 0.4) is 0 Å². The number of ether oxygens (including phenoxy) is 1. The lowest BCUT2D eigenvalue weighted by Crippen LogP contribution is -2.51. The number of nitrogens with zero attached hydrogens (tertiary/aromatic N) is 1. The van der Waals surface area contributed by atoms with Gasteiger partial charge in [0, 0.05) is 24.6 Å². The first-order valence-corrected chi connectivity index (χ1v) is 10.2. The van der Waals surface area contributed by atoms with Crippen molar-refractivity contribution in [2.45, 2.75) is 32.8 Å². The number of carbonyl (C=O) groups excluding carboxylic acids is 3. The minimum absolute atomic E-state index is 0.0305. The largest absolute Gasteiger partial charge is 0.481 e. The molecule has 0 aromatic heterocycles. The highest BCUT2D eigenvalue weighted by Gasteiger charge is 2.28. The third-order valence-electron chi connectivity index (χ3n) is 5.33. The molecule has 2 aromatic carbocycles. The van der Waals surface area contributed by atoms with E-state index in [1.165, 1.54) is 31.2 Å². The molecule has 0 bridgehead atoms. The fraction of sp³-hybridized carbons (Fsp3) is 0.348. The van der Waals surface area contributed by atoms with Crippen LogP contribution >= 0.6 is 0 Å². The number of rotatable bonds is 5. The van der Waals surface area contributed by atoms with Gasteiger partial charge in [-0.15, -0.1) is 0 Å². The van der Waals surface area contributed by atoms with Crippen molar-refractivity contribution in [3.63, 3.8) is 0 Å². The van der Waals surface area contributed by atoms with Crippen LogP contribution in [-0.2, 0) is 9.59 Å². The second-order valence-corrected chi connectivity index (χ2v) is 7.57. The van der Waals surface area contributed by atoms with Crippen molar-refractivity contribution in [1.82, 2.24) is 15.8 Å². The average molecular weight is 427 g/mol. The van der Waals surface area contributed by atoms with Gasteiger partial charge in [0.2, 0.25) is 5.91 Å². The Morgan fingerprint density at radius 1 is 1.03 bits per heavy atom. The Morgan fingerprint density at radius 3 is 2.32 bits per heavy atom. The maximum absolute atomic E-state index is 12.9. The maximum Gasteiger partial charge on any atom is 0.279 e. The summed E-state index contributed by atoms with van der Waals surface area (Å²) in [6.45, 7) is 4.38. The van der Waals surface area contributed by atoms with E-state index >= 15 is 0 Å². The zero-order valence-corrected chi connectivity index (χ0v) is 17.6. The van der Waals surface area contributed by atoms with Crippen molar-refractivity contribution in [1.29, 1.82) is 0 Å². The summed E-state index contributed by atoms with van der Waals surface area (Å²) in [6.07, 6.45) is 0.154. The lowest BCUT2D eigenvalue weighted by Gasteiger charge is -2.31. The predicted molar refractivity (Wildman–Crippen MR) is 113 cm³/mol. The highest BCUT2D eigenvalue weighted by Crippen LogP contribution is 2.20. The molecule has 7 nitrogen and oxygen atoms in total. The molecule has 8 heteroatoms. The number of piperidine rings is 1. The summed E-state index contributed by atoms with van der Waals surface area (Å²) >= 11 is 0. The van der Waals surface area contributed by atoms with Crippen molar-refractivity contribution in [3.05, 3.63) is 65.5 Å². The van der Waals surface area contributed by atoms with Crippen molar-refractivity contribution in [3.8, 4) is 5.75 Å². The number of likely N-dealkylation sites (tertiary alicyclic amines) is 1. The summed E-state index contributed by atoms with van der Waals surface area (Å²) in [5.74, 6) is -1.20. The maximum atomic E-state index is 12.9. The first-order valence-electron chi connectivity index (χ1n) is 10.2. The van der Waals surface area contributed by atoms with Gasteiger partial charge in [-0.25, -0.2) is 4.39 Å². The molecule has 0 spiro atoms. The Bertz CT molecular complexity index is 940. The highest BCUT2D eigenvalue weighted by molar-refractivity contribution is 5.95. The van der Waals surface area contributed by atoms with Crippen LogP contribution in [0.15, 0.2) is 48.5 Å². The van der Waals surface area contributed by atoms with Crippen LogP contribution in [0.25, 0.3) is 0 Å². The smallest absolute Gasteiger partial charge is 0.279 e. The Kier molecular flexibility index (Phi) is 7.23. The molecule has 1 saturated heterocycles. The first-order chi connectivity index (χ1) is 14.8. The van der Waals surface area contributed by atoms with Gasteiger partial charge < -0.3 is 9.64 Å². The predicted octanol–water partition coefficient (Wildman–Crippen LogP) is 2.60. The minimum atomic E-state index is -0.876. The SMILES string of the molecule is Cc1ccccc1C(=O)N1CCC(C(=O)NNC(=O)C(C)Oc2ccc(F)cc2)CC1. The van der Waals surface area contributed by atoms with E-state index in [2.05, 4.69) is 10.9 Å². The molecule has 0 saturated carbocycles. The minimum Gasteiger partial charge on any atom is -0.481 e. The van der Waals surface area contributed by atoms with Gasteiger partial charge in [0.25, 0.3) is 11.8 Å². The van der Waals surface area contributed by atoms with E-state index < -0.39 is 17.8 Å². The molecule has 1 unspecified atom stereocenters. The molecule has 0 radical (unpaired) electrons. The van der Waals surface area contributed by atoms with E-state index in [0.717, 1.165) is 5.56 Å². The summed E-state index contributed by atoms with van der Waals surface area (Å²) in [7, 11) is 0. The molecule has 2 N–H and O–H groups in total. The quantitative estimate of drug-likeness (QED) is 0.718. The molecule has 0 aliphatic carbocycles. The summed E-state index contributed by atoms with van der Waals surface area (Å²) in [5.41, 5.74) is 6.39. The van der Waals surface area contributed by atoms with E-state index in [0.29, 0.717) is 37.2 Å². The highest BCUT2D eigenvalue weighted by atomic mass is 19.1. The lowest BCUT2D eigenvalue weighted by molar-refractivity contribution is -0.134. The monoisotopic (exact) mass is 427 g/mol. The number of hydrogen-bond acceptors (Lipinski definition) is 4. The number of benzene rings is 2. The van der Waals surface area contributed by atoms with E-state index in [1.807, 2.05) is 25.1 Å². The van der Waals surface area contributed by atoms with Crippen LogP contribution in [0.1, 0.15) is 35.7 Å². The molecule has 3 rings (SSSR count). The molecule has 1 atom stereocenters. The number of hydrazine groups is 1. The van der Waals surface area contributed by atoms with Crippen LogP contribution < -0.4 is 15.6 Å². The molecule has 3 amide bonds. The Morgan fingerprint density at radius 2 is 1.68 bits per heavy atom. The molecule has 1 fully saturated rings. The topological polar surface area (TPSA) is 87.7 Å². The molecule has 31 heavy (non-hydrogen) atoms. The second kappa shape index (κ2) is 10.1. The van der Waals surface area contributed by atoms with Gasteiger partial charge >= 0.3 is 0 Å². The zero-order valence-electron chi connectivity index (χ0n) is 17.6. The van der Waals surface area contributed by atoms with E-state index in [9.17, 15) is 18.8 Å². The third-order valence-corrected chi connectivity index (χ3v) is 5.33. The van der Waals surface area contributed by atoms with Gasteiger partial charge in [-0.1, -0.05) is 18.2 Å². The van der Waals surface area contributed by atoms with Crippen molar-refractivity contribution >= 4 is 17.7 Å². The average Bonchev–Trinajstić information content (AvgIpc) is 2.78. The first kappa shape index (κ1) is 22.3. The van der Waals surface area contributed by atoms with Crippen molar-refractivity contribution in [2.24, 2.45) is 5.92 Å². The summed E-state index contributed by atoms with van der Waals surface area (Å²) in [4.78, 5) is 39.0. The zero-order chi connectivity index (χ0) is 22.4. The van der Waals surface area contributed by atoms with Gasteiger partial charge in [0.15, 0.2) is 6.10 Å². The number of hydrogen-bond donors (Lipinski definition) is 2. The van der Waals surface area contributed by atoms with Crippen molar-refractivity contribution < 1.29 is 23.5 Å². The van der Waals surface area contributed by atoms with E-state index in [1.54, 1.807) is 11.0 Å². The van der Waals surface area contributed by atoms with Crippen LogP contribution in [-0.4, -0.2) is 41.8 Å². The van der Waals surface area contributed by atoms with Crippen molar-refractivity contribution in [2.75, 3.05) is 13.1 Å². The van der Waals surface area contributed by atoms with Crippen LogP contribution in [0, 0.1) is 18.7 Å². The Hall–Kier alpha value is -3.42. The van der Waals surface area contributed by atoms with Gasteiger partial charge in [-0.2, -0.15) is 0 Å². The lowest BCUT2D eigenvalue weighted by atomic mass is 9.95. The van der Waals surface area contributed by atoms with Gasteiger partial charge in [-0.3, -0.25) is 25.2 Å². The Balaban J connectivity index is 1.43. The summed E-state index contributed by atoms with van der Waals surface area (Å²) in [6, 6.07) is 12.7. The van der Waals surface area contributed by atoms with Gasteiger partial charge in [-0.05, 0) is 62.6 Å². The van der Waals surface area contributed by atoms with Crippen LogP contribution in [0.5, 0.6) is 5.75 Å². The van der Waals surface area contributed by atoms with E-state index in [4.69, 9.17) is 4.74 Å². The molecular formula is C23H26FN3O4.